The van der Waals surface area contributed by atoms with Crippen molar-refractivity contribution in [3.8, 4) is 0 Å². The Hall–Kier alpha value is -4.05. The van der Waals surface area contributed by atoms with Gasteiger partial charge >= 0.3 is 0 Å². The van der Waals surface area contributed by atoms with Crippen LogP contribution in [0.1, 0.15) is 35.5 Å². The van der Waals surface area contributed by atoms with Crippen molar-refractivity contribution in [2.75, 3.05) is 5.32 Å². The van der Waals surface area contributed by atoms with Gasteiger partial charge in [-0.25, -0.2) is 0 Å². The number of rotatable bonds is 6. The van der Waals surface area contributed by atoms with Gasteiger partial charge in [-0.3, -0.25) is 4.79 Å². The van der Waals surface area contributed by atoms with Crippen LogP contribution in [0.5, 0.6) is 0 Å². The molecule has 4 aromatic rings. The molecule has 1 heterocycles. The first kappa shape index (κ1) is 20.2. The third kappa shape index (κ3) is 4.59. The fraction of sp³-hybridized carbons (Fsp3) is 0.0741. The minimum absolute atomic E-state index is 0.106. The largest absolute Gasteiger partial charge is 0.512 e. The third-order valence-electron chi connectivity index (χ3n) is 5.04. The van der Waals surface area contributed by atoms with Gasteiger partial charge in [0.1, 0.15) is 22.9 Å². The molecule has 4 nitrogen and oxygen atoms in total. The van der Waals surface area contributed by atoms with E-state index >= 15 is 0 Å². The summed E-state index contributed by atoms with van der Waals surface area (Å²) in [5.74, 6) is 0.348. The van der Waals surface area contributed by atoms with E-state index in [1.54, 1.807) is 18.2 Å². The molecule has 0 aliphatic rings. The van der Waals surface area contributed by atoms with E-state index in [0.29, 0.717) is 17.2 Å². The zero-order chi connectivity index (χ0) is 21.6. The molecule has 0 saturated heterocycles. The molecule has 2 N–H and O–H groups in total. The van der Waals surface area contributed by atoms with Gasteiger partial charge in [0.2, 0.25) is 0 Å². The number of para-hydroxylation sites is 1. The van der Waals surface area contributed by atoms with Crippen molar-refractivity contribution < 1.29 is 14.3 Å². The lowest BCUT2D eigenvalue weighted by Gasteiger charge is -2.16. The molecule has 0 atom stereocenters. The maximum Gasteiger partial charge on any atom is 0.262 e. The Kier molecular flexibility index (Phi) is 5.99. The number of nitrogens with one attached hydrogen (secondary N) is 1. The summed E-state index contributed by atoms with van der Waals surface area (Å²) in [6.07, 6.45) is 0. The van der Waals surface area contributed by atoms with Crippen molar-refractivity contribution in [3.05, 3.63) is 132 Å². The van der Waals surface area contributed by atoms with Gasteiger partial charge in [-0.2, -0.15) is 0 Å². The molecule has 4 rings (SSSR count). The minimum Gasteiger partial charge on any atom is -0.512 e. The zero-order valence-electron chi connectivity index (χ0n) is 17.2. The van der Waals surface area contributed by atoms with E-state index in [4.69, 9.17) is 4.42 Å². The van der Waals surface area contributed by atoms with Gasteiger partial charge in [0, 0.05) is 5.69 Å². The van der Waals surface area contributed by atoms with Crippen molar-refractivity contribution in [3.63, 3.8) is 0 Å². The zero-order valence-corrected chi connectivity index (χ0v) is 17.2. The van der Waals surface area contributed by atoms with Gasteiger partial charge in [-0.1, -0.05) is 78.9 Å². The van der Waals surface area contributed by atoms with Crippen molar-refractivity contribution in [1.82, 2.24) is 0 Å². The van der Waals surface area contributed by atoms with E-state index < -0.39 is 5.91 Å². The first-order valence-electron chi connectivity index (χ1n) is 10.1. The number of aliphatic hydroxyl groups is 1. The summed E-state index contributed by atoms with van der Waals surface area (Å²) >= 11 is 0. The maximum absolute atomic E-state index is 12.9. The molecular formula is C27H23NO3. The topological polar surface area (TPSA) is 62.5 Å². The molecule has 0 aliphatic heterocycles. The molecule has 154 valence electrons. The average Bonchev–Trinajstić information content (AvgIpc) is 3.25. The Balaban J connectivity index is 1.70. The lowest BCUT2D eigenvalue weighted by molar-refractivity contribution is -0.111. The number of anilines is 1. The quantitative estimate of drug-likeness (QED) is 0.287. The monoisotopic (exact) mass is 409 g/mol. The van der Waals surface area contributed by atoms with Crippen LogP contribution in [0.3, 0.4) is 0 Å². The molecule has 1 amide bonds. The highest BCUT2D eigenvalue weighted by atomic mass is 16.3. The molecule has 3 aromatic carbocycles. The molecule has 4 heteroatoms. The lowest BCUT2D eigenvalue weighted by Crippen LogP contribution is -2.14. The molecule has 0 unspecified atom stereocenters. The van der Waals surface area contributed by atoms with Crippen molar-refractivity contribution in [2.45, 2.75) is 12.8 Å². The lowest BCUT2D eigenvalue weighted by atomic mass is 9.89. The Labute approximate surface area is 181 Å². The normalized spacial score (nSPS) is 11.8. The fourth-order valence-corrected chi connectivity index (χ4v) is 3.62. The number of carbonyl (C=O) groups is 1. The summed E-state index contributed by atoms with van der Waals surface area (Å²) in [4.78, 5) is 12.9. The second kappa shape index (κ2) is 9.18. The second-order valence-corrected chi connectivity index (χ2v) is 7.24. The number of aliphatic hydroxyl groups excluding tert-OH is 1. The van der Waals surface area contributed by atoms with Crippen LogP contribution in [0, 0.1) is 0 Å². The van der Waals surface area contributed by atoms with Crippen molar-refractivity contribution >= 4 is 17.2 Å². The highest BCUT2D eigenvalue weighted by Crippen LogP contribution is 2.34. The second-order valence-electron chi connectivity index (χ2n) is 7.24. The van der Waals surface area contributed by atoms with Crippen LogP contribution < -0.4 is 5.32 Å². The van der Waals surface area contributed by atoms with Crippen LogP contribution in [0.15, 0.2) is 113 Å². The van der Waals surface area contributed by atoms with Crippen LogP contribution in [0.4, 0.5) is 5.69 Å². The molecule has 0 spiro atoms. The number of hydrogen-bond acceptors (Lipinski definition) is 3. The molecule has 1 aromatic heterocycles. The molecule has 31 heavy (non-hydrogen) atoms. The number of carbonyl (C=O) groups excluding carboxylic acids is 1. The highest BCUT2D eigenvalue weighted by molar-refractivity contribution is 6.25. The summed E-state index contributed by atoms with van der Waals surface area (Å²) < 4.78 is 6.16. The van der Waals surface area contributed by atoms with E-state index in [9.17, 15) is 9.90 Å². The number of allylic oxidation sites excluding steroid dienone is 1. The first-order chi connectivity index (χ1) is 15.1. The maximum atomic E-state index is 12.9. The summed E-state index contributed by atoms with van der Waals surface area (Å²) in [6.45, 7) is 1.48. The average molecular weight is 409 g/mol. The summed E-state index contributed by atoms with van der Waals surface area (Å²) in [6, 6.07) is 32.8. The van der Waals surface area contributed by atoms with Gasteiger partial charge in [-0.05, 0) is 42.3 Å². The van der Waals surface area contributed by atoms with Crippen molar-refractivity contribution in [2.24, 2.45) is 0 Å². The predicted octanol–water partition coefficient (Wildman–Crippen LogP) is 6.39. The highest BCUT2D eigenvalue weighted by Gasteiger charge is 2.24. The van der Waals surface area contributed by atoms with Crippen LogP contribution >= 0.6 is 0 Å². The molecule has 0 aliphatic carbocycles. The number of benzene rings is 3. The molecule has 0 radical (unpaired) electrons. The summed E-state index contributed by atoms with van der Waals surface area (Å²) in [7, 11) is 0. The Morgan fingerprint density at radius 2 is 1.29 bits per heavy atom. The van der Waals surface area contributed by atoms with Crippen LogP contribution in [0.2, 0.25) is 0 Å². The van der Waals surface area contributed by atoms with Gasteiger partial charge in [0.25, 0.3) is 5.91 Å². The number of furan rings is 1. The Morgan fingerprint density at radius 3 is 1.81 bits per heavy atom. The van der Waals surface area contributed by atoms with E-state index in [2.05, 4.69) is 29.6 Å². The minimum atomic E-state index is -0.428. The number of amides is 1. The smallest absolute Gasteiger partial charge is 0.262 e. The van der Waals surface area contributed by atoms with Gasteiger partial charge < -0.3 is 14.8 Å². The molecular weight excluding hydrogens is 386 g/mol. The fourth-order valence-electron chi connectivity index (χ4n) is 3.62. The Bertz CT molecular complexity index is 1140. The Morgan fingerprint density at radius 1 is 0.774 bits per heavy atom. The van der Waals surface area contributed by atoms with Crippen molar-refractivity contribution in [1.29, 1.82) is 0 Å². The predicted molar refractivity (Wildman–Crippen MR) is 123 cm³/mol. The van der Waals surface area contributed by atoms with Crippen LogP contribution in [0.25, 0.3) is 5.57 Å². The van der Waals surface area contributed by atoms with Gasteiger partial charge in [0.05, 0.1) is 5.92 Å². The van der Waals surface area contributed by atoms with Crippen LogP contribution in [-0.4, -0.2) is 11.0 Å². The summed E-state index contributed by atoms with van der Waals surface area (Å²) in [5, 5.41) is 13.1. The van der Waals surface area contributed by atoms with Crippen LogP contribution in [-0.2, 0) is 4.79 Å². The summed E-state index contributed by atoms with van der Waals surface area (Å²) in [5.41, 5.74) is 2.91. The van der Waals surface area contributed by atoms with E-state index in [0.717, 1.165) is 11.1 Å². The van der Waals surface area contributed by atoms with Gasteiger partial charge in [-0.15, -0.1) is 0 Å². The molecule has 0 fully saturated rings. The van der Waals surface area contributed by atoms with E-state index in [1.165, 1.54) is 6.92 Å². The third-order valence-corrected chi connectivity index (χ3v) is 5.04. The van der Waals surface area contributed by atoms with E-state index in [1.807, 2.05) is 60.7 Å². The van der Waals surface area contributed by atoms with Gasteiger partial charge in [0.15, 0.2) is 0 Å². The standard InChI is InChI=1S/C27H23NO3/c1-19(29)25(27(30)28-22-15-9-4-10-16-22)23-17-18-24(31-23)26(20-11-5-2-6-12-20)21-13-7-3-8-14-21/h2-18,26,29H,1H3,(H,28,30)/b25-19-. The molecule has 0 saturated carbocycles. The van der Waals surface area contributed by atoms with E-state index in [-0.39, 0.29) is 17.3 Å². The SMILES string of the molecule is C/C(O)=C(/C(=O)Nc1ccccc1)c1ccc(C(c2ccccc2)c2ccccc2)o1. The number of hydrogen-bond donors (Lipinski definition) is 2. The first-order valence-corrected chi connectivity index (χ1v) is 10.1. The molecule has 0 bridgehead atoms.